The van der Waals surface area contributed by atoms with Crippen molar-refractivity contribution in [1.29, 1.82) is 0 Å². The van der Waals surface area contributed by atoms with Crippen molar-refractivity contribution in [3.05, 3.63) is 12.0 Å². The molecule has 0 aliphatic carbocycles. The van der Waals surface area contributed by atoms with Gasteiger partial charge in [-0.25, -0.2) is 9.37 Å². The molecule has 1 unspecified atom stereocenters. The molecule has 1 N–H and O–H groups in total. The van der Waals surface area contributed by atoms with E-state index in [4.69, 9.17) is 4.74 Å². The van der Waals surface area contributed by atoms with Gasteiger partial charge in [-0.3, -0.25) is 0 Å². The SMILES string of the molecule is OC1CCCOC12CCN(c1ncc(F)c(N3CCCC3)n1)CC2. The van der Waals surface area contributed by atoms with Crippen LogP contribution in [0, 0.1) is 5.82 Å². The van der Waals surface area contributed by atoms with Crippen LogP contribution in [0.5, 0.6) is 0 Å². The van der Waals surface area contributed by atoms with Crippen molar-refractivity contribution in [3.8, 4) is 0 Å². The average molecular weight is 336 g/mol. The highest BCUT2D eigenvalue weighted by Gasteiger charge is 2.44. The van der Waals surface area contributed by atoms with Crippen molar-refractivity contribution >= 4 is 11.8 Å². The number of aromatic nitrogens is 2. The zero-order chi connectivity index (χ0) is 16.6. The summed E-state index contributed by atoms with van der Waals surface area (Å²) in [6, 6.07) is 0. The predicted octanol–water partition coefficient (Wildman–Crippen LogP) is 1.73. The molecule has 0 bridgehead atoms. The van der Waals surface area contributed by atoms with Crippen molar-refractivity contribution in [3.63, 3.8) is 0 Å². The highest BCUT2D eigenvalue weighted by molar-refractivity contribution is 5.46. The molecule has 3 fully saturated rings. The van der Waals surface area contributed by atoms with Crippen LogP contribution in [0.3, 0.4) is 0 Å². The quantitative estimate of drug-likeness (QED) is 0.887. The highest BCUT2D eigenvalue weighted by atomic mass is 19.1. The largest absolute Gasteiger partial charge is 0.390 e. The summed E-state index contributed by atoms with van der Waals surface area (Å²) in [5.74, 6) is 0.658. The summed E-state index contributed by atoms with van der Waals surface area (Å²) < 4.78 is 20.0. The standard InChI is InChI=1S/C17H25FN4O2/c18-13-12-19-16(20-15(13)21-7-1-2-8-21)22-9-5-17(6-10-22)14(23)4-3-11-24-17/h12,14,23H,1-11H2. The molecule has 1 atom stereocenters. The lowest BCUT2D eigenvalue weighted by molar-refractivity contribution is -0.164. The van der Waals surface area contributed by atoms with Gasteiger partial charge < -0.3 is 19.6 Å². The molecule has 3 aliphatic heterocycles. The first-order valence-corrected chi connectivity index (χ1v) is 9.02. The Kier molecular flexibility index (Phi) is 4.30. The van der Waals surface area contributed by atoms with Gasteiger partial charge in [-0.15, -0.1) is 0 Å². The Morgan fingerprint density at radius 1 is 1.12 bits per heavy atom. The number of piperidine rings is 1. The van der Waals surface area contributed by atoms with E-state index in [0.717, 1.165) is 71.3 Å². The first-order chi connectivity index (χ1) is 11.7. The number of rotatable bonds is 2. The summed E-state index contributed by atoms with van der Waals surface area (Å²) in [5.41, 5.74) is -0.410. The van der Waals surface area contributed by atoms with Crippen LogP contribution in [0.2, 0.25) is 0 Å². The van der Waals surface area contributed by atoms with E-state index >= 15 is 0 Å². The Hall–Kier alpha value is -1.47. The third kappa shape index (κ3) is 2.84. The lowest BCUT2D eigenvalue weighted by Crippen LogP contribution is -2.55. The molecule has 24 heavy (non-hydrogen) atoms. The van der Waals surface area contributed by atoms with E-state index in [2.05, 4.69) is 14.9 Å². The summed E-state index contributed by atoms with van der Waals surface area (Å²) in [6.07, 6.45) is 6.32. The van der Waals surface area contributed by atoms with Crippen LogP contribution in [-0.4, -0.2) is 59.6 Å². The van der Waals surface area contributed by atoms with Gasteiger partial charge in [0.2, 0.25) is 5.95 Å². The molecule has 6 nitrogen and oxygen atoms in total. The summed E-state index contributed by atoms with van der Waals surface area (Å²) in [4.78, 5) is 12.8. The van der Waals surface area contributed by atoms with E-state index in [1.165, 1.54) is 6.20 Å². The third-order valence-electron chi connectivity index (χ3n) is 5.63. The summed E-state index contributed by atoms with van der Waals surface area (Å²) in [6.45, 7) is 3.89. The topological polar surface area (TPSA) is 61.7 Å². The molecule has 1 spiro atoms. The molecule has 0 amide bonds. The lowest BCUT2D eigenvalue weighted by Gasteiger charge is -2.46. The van der Waals surface area contributed by atoms with Crippen molar-refractivity contribution in [2.75, 3.05) is 42.6 Å². The zero-order valence-corrected chi connectivity index (χ0v) is 14.0. The number of anilines is 2. The number of nitrogens with zero attached hydrogens (tertiary/aromatic N) is 4. The van der Waals surface area contributed by atoms with Crippen LogP contribution >= 0.6 is 0 Å². The molecule has 3 saturated heterocycles. The van der Waals surface area contributed by atoms with Crippen LogP contribution in [0.15, 0.2) is 6.20 Å². The number of aliphatic hydroxyl groups excluding tert-OH is 1. The minimum Gasteiger partial charge on any atom is -0.390 e. The van der Waals surface area contributed by atoms with Gasteiger partial charge >= 0.3 is 0 Å². The molecule has 7 heteroatoms. The van der Waals surface area contributed by atoms with Crippen molar-refractivity contribution in [1.82, 2.24) is 9.97 Å². The van der Waals surface area contributed by atoms with E-state index in [1.54, 1.807) is 0 Å². The van der Waals surface area contributed by atoms with Crippen LogP contribution in [-0.2, 0) is 4.74 Å². The first kappa shape index (κ1) is 16.0. The molecule has 132 valence electrons. The Morgan fingerprint density at radius 2 is 1.88 bits per heavy atom. The number of ether oxygens (including phenoxy) is 1. The second kappa shape index (κ2) is 6.44. The van der Waals surface area contributed by atoms with Gasteiger partial charge in [0, 0.05) is 32.8 Å². The van der Waals surface area contributed by atoms with Crippen molar-refractivity contribution in [2.45, 2.75) is 50.2 Å². The van der Waals surface area contributed by atoms with Crippen molar-refractivity contribution < 1.29 is 14.2 Å². The number of hydrogen-bond donors (Lipinski definition) is 1. The van der Waals surface area contributed by atoms with Gasteiger partial charge in [0.1, 0.15) is 0 Å². The molecule has 0 saturated carbocycles. The molecular weight excluding hydrogens is 311 g/mol. The normalized spacial score (nSPS) is 27.0. The summed E-state index contributed by atoms with van der Waals surface area (Å²) in [5, 5.41) is 10.3. The smallest absolute Gasteiger partial charge is 0.227 e. The van der Waals surface area contributed by atoms with Crippen LogP contribution in [0.4, 0.5) is 16.2 Å². The Morgan fingerprint density at radius 3 is 2.58 bits per heavy atom. The molecule has 0 aromatic carbocycles. The minimum absolute atomic E-state index is 0.347. The second-order valence-corrected chi connectivity index (χ2v) is 7.09. The Balaban J connectivity index is 1.48. The van der Waals surface area contributed by atoms with Crippen LogP contribution < -0.4 is 9.80 Å². The van der Waals surface area contributed by atoms with Crippen molar-refractivity contribution in [2.24, 2.45) is 0 Å². The van der Waals surface area contributed by atoms with Gasteiger partial charge in [-0.1, -0.05) is 0 Å². The van der Waals surface area contributed by atoms with E-state index < -0.39 is 5.60 Å². The lowest BCUT2D eigenvalue weighted by atomic mass is 9.82. The van der Waals surface area contributed by atoms with Crippen LogP contribution in [0.25, 0.3) is 0 Å². The summed E-state index contributed by atoms with van der Waals surface area (Å²) >= 11 is 0. The van der Waals surface area contributed by atoms with Gasteiger partial charge in [0.05, 0.1) is 17.9 Å². The van der Waals surface area contributed by atoms with E-state index in [-0.39, 0.29) is 11.9 Å². The fourth-order valence-corrected chi connectivity index (χ4v) is 4.13. The Bertz CT molecular complexity index is 586. The molecule has 1 aromatic heterocycles. The maximum Gasteiger partial charge on any atom is 0.227 e. The van der Waals surface area contributed by atoms with E-state index in [9.17, 15) is 9.50 Å². The fraction of sp³-hybridized carbons (Fsp3) is 0.765. The fourth-order valence-electron chi connectivity index (χ4n) is 4.13. The number of aliphatic hydroxyl groups is 1. The molecular formula is C17H25FN4O2. The highest BCUT2D eigenvalue weighted by Crippen LogP contribution is 2.36. The van der Waals surface area contributed by atoms with Gasteiger partial charge in [-0.2, -0.15) is 4.98 Å². The van der Waals surface area contributed by atoms with Crippen LogP contribution in [0.1, 0.15) is 38.5 Å². The minimum atomic E-state index is -0.410. The molecule has 0 radical (unpaired) electrons. The molecule has 4 rings (SSSR count). The zero-order valence-electron chi connectivity index (χ0n) is 14.0. The van der Waals surface area contributed by atoms with E-state index in [0.29, 0.717) is 11.8 Å². The molecule has 3 aliphatic rings. The number of hydrogen-bond acceptors (Lipinski definition) is 6. The predicted molar refractivity (Wildman–Crippen MR) is 88.8 cm³/mol. The average Bonchev–Trinajstić information content (AvgIpc) is 3.13. The van der Waals surface area contributed by atoms with Gasteiger partial charge in [0.25, 0.3) is 0 Å². The molecule has 1 aromatic rings. The maximum atomic E-state index is 14.1. The maximum absolute atomic E-state index is 14.1. The van der Waals surface area contributed by atoms with Gasteiger partial charge in [-0.05, 0) is 38.5 Å². The second-order valence-electron chi connectivity index (χ2n) is 7.09. The monoisotopic (exact) mass is 336 g/mol. The van der Waals surface area contributed by atoms with E-state index in [1.807, 2.05) is 4.90 Å². The molecule has 4 heterocycles. The third-order valence-corrected chi connectivity index (χ3v) is 5.63. The first-order valence-electron chi connectivity index (χ1n) is 9.02. The summed E-state index contributed by atoms with van der Waals surface area (Å²) in [7, 11) is 0. The Labute approximate surface area is 141 Å². The van der Waals surface area contributed by atoms with Gasteiger partial charge in [0.15, 0.2) is 11.6 Å². The number of halogens is 1.